The van der Waals surface area contributed by atoms with Crippen LogP contribution in [0.4, 0.5) is 17.3 Å². The Balaban J connectivity index is 2.49. The summed E-state index contributed by atoms with van der Waals surface area (Å²) in [5.41, 5.74) is 7.85. The van der Waals surface area contributed by atoms with E-state index in [9.17, 15) is 0 Å². The molecule has 21 heavy (non-hydrogen) atoms. The minimum absolute atomic E-state index is 0.533. The summed E-state index contributed by atoms with van der Waals surface area (Å²) < 4.78 is 5.42. The van der Waals surface area contributed by atoms with Crippen LogP contribution in [0.5, 0.6) is 5.75 Å². The number of benzene rings is 1. The van der Waals surface area contributed by atoms with Crippen LogP contribution in [-0.2, 0) is 6.42 Å². The van der Waals surface area contributed by atoms with Crippen LogP contribution in [0.1, 0.15) is 24.7 Å². The van der Waals surface area contributed by atoms with Gasteiger partial charge in [0.1, 0.15) is 23.2 Å². The van der Waals surface area contributed by atoms with Crippen LogP contribution in [0.3, 0.4) is 0 Å². The Kier molecular flexibility index (Phi) is 4.62. The Morgan fingerprint density at radius 1 is 1.24 bits per heavy atom. The summed E-state index contributed by atoms with van der Waals surface area (Å²) in [5.74, 6) is 2.92. The molecule has 0 radical (unpaired) electrons. The van der Waals surface area contributed by atoms with E-state index in [4.69, 9.17) is 10.5 Å². The normalized spacial score (nSPS) is 10.5. The van der Waals surface area contributed by atoms with Crippen LogP contribution < -0.4 is 15.4 Å². The summed E-state index contributed by atoms with van der Waals surface area (Å²) in [6.45, 7) is 4.04. The van der Waals surface area contributed by atoms with Gasteiger partial charge < -0.3 is 15.4 Å². The third-order valence-electron chi connectivity index (χ3n) is 3.44. The van der Waals surface area contributed by atoms with E-state index in [2.05, 4.69) is 16.9 Å². The highest BCUT2D eigenvalue weighted by Crippen LogP contribution is 2.33. The van der Waals surface area contributed by atoms with Crippen molar-refractivity contribution in [2.75, 3.05) is 24.8 Å². The van der Waals surface area contributed by atoms with Gasteiger partial charge in [-0.25, -0.2) is 9.97 Å². The van der Waals surface area contributed by atoms with Crippen molar-refractivity contribution in [3.63, 3.8) is 0 Å². The van der Waals surface area contributed by atoms with Crippen LogP contribution in [0, 0.1) is 6.92 Å². The molecular formula is C16H22N4O. The molecule has 2 aromatic rings. The van der Waals surface area contributed by atoms with Crippen molar-refractivity contribution < 1.29 is 4.74 Å². The van der Waals surface area contributed by atoms with Gasteiger partial charge in [-0.05, 0) is 25.5 Å². The fourth-order valence-electron chi connectivity index (χ4n) is 2.25. The van der Waals surface area contributed by atoms with Gasteiger partial charge in [0, 0.05) is 19.0 Å². The van der Waals surface area contributed by atoms with Gasteiger partial charge in [0.15, 0.2) is 0 Å². The highest BCUT2D eigenvalue weighted by molar-refractivity contribution is 5.70. The lowest BCUT2D eigenvalue weighted by molar-refractivity contribution is 0.415. The predicted octanol–water partition coefficient (Wildman–Crippen LogP) is 3.10. The minimum atomic E-state index is 0.533. The Hall–Kier alpha value is -2.30. The van der Waals surface area contributed by atoms with Crippen molar-refractivity contribution in [1.82, 2.24) is 9.97 Å². The standard InChI is InChI=1S/C16H22N4O/c1-5-8-14-18-15(17)11(2)16(19-14)20(3)12-9-6-7-10-13(12)21-4/h6-7,9-10H,5,8H2,1-4H3,(H2,17,18,19). The minimum Gasteiger partial charge on any atom is -0.495 e. The van der Waals surface area contributed by atoms with Gasteiger partial charge in [-0.2, -0.15) is 0 Å². The van der Waals surface area contributed by atoms with Crippen LogP contribution in [0.25, 0.3) is 0 Å². The van der Waals surface area contributed by atoms with Crippen molar-refractivity contribution in [3.8, 4) is 5.75 Å². The van der Waals surface area contributed by atoms with Crippen LogP contribution >= 0.6 is 0 Å². The maximum atomic E-state index is 6.03. The molecule has 1 aromatic heterocycles. The van der Waals surface area contributed by atoms with Crippen molar-refractivity contribution in [2.45, 2.75) is 26.7 Å². The summed E-state index contributed by atoms with van der Waals surface area (Å²) in [6.07, 6.45) is 1.80. The van der Waals surface area contributed by atoms with Crippen LogP contribution in [-0.4, -0.2) is 24.1 Å². The molecule has 0 aliphatic rings. The zero-order chi connectivity index (χ0) is 15.4. The molecule has 0 aliphatic carbocycles. The number of nitrogens with two attached hydrogens (primary N) is 1. The molecule has 0 spiro atoms. The number of aromatic nitrogens is 2. The zero-order valence-corrected chi connectivity index (χ0v) is 13.1. The lowest BCUT2D eigenvalue weighted by atomic mass is 10.2. The molecular weight excluding hydrogens is 264 g/mol. The first-order valence-corrected chi connectivity index (χ1v) is 7.08. The number of nitrogen functional groups attached to an aromatic ring is 1. The monoisotopic (exact) mass is 286 g/mol. The second-order valence-electron chi connectivity index (χ2n) is 4.95. The first-order chi connectivity index (χ1) is 10.1. The molecule has 0 atom stereocenters. The maximum absolute atomic E-state index is 6.03. The van der Waals surface area contributed by atoms with Crippen molar-refractivity contribution >= 4 is 17.3 Å². The van der Waals surface area contributed by atoms with E-state index in [1.807, 2.05) is 43.1 Å². The largest absolute Gasteiger partial charge is 0.495 e. The maximum Gasteiger partial charge on any atom is 0.142 e. The van der Waals surface area contributed by atoms with Crippen molar-refractivity contribution in [3.05, 3.63) is 35.7 Å². The molecule has 0 saturated carbocycles. The summed E-state index contributed by atoms with van der Waals surface area (Å²) in [5, 5.41) is 0. The fraction of sp³-hybridized carbons (Fsp3) is 0.375. The van der Waals surface area contributed by atoms with E-state index in [1.165, 1.54) is 0 Å². The van der Waals surface area contributed by atoms with Gasteiger partial charge in [-0.15, -0.1) is 0 Å². The molecule has 0 bridgehead atoms. The first-order valence-electron chi connectivity index (χ1n) is 7.08. The van der Waals surface area contributed by atoms with Gasteiger partial charge in [0.2, 0.25) is 0 Å². The van der Waals surface area contributed by atoms with E-state index >= 15 is 0 Å². The third-order valence-corrected chi connectivity index (χ3v) is 3.44. The molecule has 0 fully saturated rings. The first kappa shape index (κ1) is 15.1. The number of nitrogens with zero attached hydrogens (tertiary/aromatic N) is 3. The Morgan fingerprint density at radius 3 is 2.62 bits per heavy atom. The van der Waals surface area contributed by atoms with E-state index in [0.29, 0.717) is 5.82 Å². The molecule has 1 aromatic carbocycles. The Labute approximate surface area is 125 Å². The Morgan fingerprint density at radius 2 is 1.95 bits per heavy atom. The molecule has 5 nitrogen and oxygen atoms in total. The number of para-hydroxylation sites is 2. The lowest BCUT2D eigenvalue weighted by Gasteiger charge is -2.23. The summed E-state index contributed by atoms with van der Waals surface area (Å²) >= 11 is 0. The molecule has 0 amide bonds. The molecule has 0 saturated heterocycles. The second-order valence-corrected chi connectivity index (χ2v) is 4.95. The topological polar surface area (TPSA) is 64.3 Å². The number of hydrogen-bond acceptors (Lipinski definition) is 5. The van der Waals surface area contributed by atoms with Crippen molar-refractivity contribution in [2.24, 2.45) is 0 Å². The number of anilines is 3. The third kappa shape index (κ3) is 3.07. The molecule has 1 heterocycles. The lowest BCUT2D eigenvalue weighted by Crippen LogP contribution is -2.17. The smallest absolute Gasteiger partial charge is 0.142 e. The van der Waals surface area contributed by atoms with Crippen molar-refractivity contribution in [1.29, 1.82) is 0 Å². The van der Waals surface area contributed by atoms with Gasteiger partial charge >= 0.3 is 0 Å². The fourth-order valence-corrected chi connectivity index (χ4v) is 2.25. The highest BCUT2D eigenvalue weighted by atomic mass is 16.5. The van der Waals surface area contributed by atoms with E-state index in [1.54, 1.807) is 7.11 Å². The number of aryl methyl sites for hydroxylation is 1. The summed E-state index contributed by atoms with van der Waals surface area (Å²) in [4.78, 5) is 11.0. The van der Waals surface area contributed by atoms with Gasteiger partial charge in [-0.3, -0.25) is 0 Å². The molecule has 0 unspecified atom stereocenters. The van der Waals surface area contributed by atoms with E-state index in [0.717, 1.165) is 41.5 Å². The van der Waals surface area contributed by atoms with Crippen LogP contribution in [0.2, 0.25) is 0 Å². The number of ether oxygens (including phenoxy) is 1. The predicted molar refractivity (Wildman–Crippen MR) is 86.2 cm³/mol. The zero-order valence-electron chi connectivity index (χ0n) is 13.1. The quantitative estimate of drug-likeness (QED) is 0.915. The second kappa shape index (κ2) is 6.43. The molecule has 112 valence electrons. The molecule has 5 heteroatoms. The SMILES string of the molecule is CCCc1nc(N)c(C)c(N(C)c2ccccc2OC)n1. The number of rotatable bonds is 5. The highest BCUT2D eigenvalue weighted by Gasteiger charge is 2.16. The number of hydrogen-bond donors (Lipinski definition) is 1. The van der Waals surface area contributed by atoms with E-state index in [-0.39, 0.29) is 0 Å². The van der Waals surface area contributed by atoms with Gasteiger partial charge in [0.25, 0.3) is 0 Å². The van der Waals surface area contributed by atoms with Gasteiger partial charge in [-0.1, -0.05) is 19.1 Å². The molecule has 0 aliphatic heterocycles. The summed E-state index contributed by atoms with van der Waals surface area (Å²) in [6, 6.07) is 7.84. The molecule has 2 rings (SSSR count). The van der Waals surface area contributed by atoms with Gasteiger partial charge in [0.05, 0.1) is 12.8 Å². The van der Waals surface area contributed by atoms with Crippen LogP contribution in [0.15, 0.2) is 24.3 Å². The summed E-state index contributed by atoms with van der Waals surface area (Å²) in [7, 11) is 3.62. The average Bonchev–Trinajstić information content (AvgIpc) is 2.50. The van der Waals surface area contributed by atoms with E-state index < -0.39 is 0 Å². The number of methoxy groups -OCH3 is 1. The molecule has 2 N–H and O–H groups in total. The average molecular weight is 286 g/mol. The Bertz CT molecular complexity index is 628.